The largest absolute Gasteiger partial charge is 0.493 e. The van der Waals surface area contributed by atoms with Crippen molar-refractivity contribution >= 4 is 27.5 Å². The first-order valence-electron chi connectivity index (χ1n) is 13.6. The summed E-state index contributed by atoms with van der Waals surface area (Å²) >= 11 is 0. The van der Waals surface area contributed by atoms with E-state index in [9.17, 15) is 22.4 Å². The fourth-order valence-corrected chi connectivity index (χ4v) is 5.61. The monoisotopic (exact) mass is 599 g/mol. The highest BCUT2D eigenvalue weighted by Gasteiger charge is 2.33. The van der Waals surface area contributed by atoms with Crippen molar-refractivity contribution in [3.8, 4) is 11.5 Å². The van der Waals surface area contributed by atoms with Crippen molar-refractivity contribution < 1.29 is 31.9 Å². The summed E-state index contributed by atoms with van der Waals surface area (Å²) in [6.45, 7) is 6.20. The molecule has 0 saturated carbocycles. The van der Waals surface area contributed by atoms with Crippen molar-refractivity contribution in [2.24, 2.45) is 0 Å². The van der Waals surface area contributed by atoms with E-state index in [0.717, 1.165) is 9.87 Å². The smallest absolute Gasteiger partial charge is 0.264 e. The Morgan fingerprint density at radius 1 is 0.952 bits per heavy atom. The van der Waals surface area contributed by atoms with Crippen LogP contribution in [0.15, 0.2) is 71.6 Å². The highest BCUT2D eigenvalue weighted by Crippen LogP contribution is 2.34. The molecule has 3 aromatic carbocycles. The van der Waals surface area contributed by atoms with Gasteiger partial charge >= 0.3 is 0 Å². The van der Waals surface area contributed by atoms with Crippen LogP contribution >= 0.6 is 0 Å². The molecule has 0 aliphatic rings. The summed E-state index contributed by atoms with van der Waals surface area (Å²) in [5.41, 5.74) is 1.19. The first-order valence-corrected chi connectivity index (χ1v) is 15.0. The third-order valence-corrected chi connectivity index (χ3v) is 8.80. The van der Waals surface area contributed by atoms with Crippen LogP contribution in [0.2, 0.25) is 0 Å². The molecule has 0 spiro atoms. The summed E-state index contributed by atoms with van der Waals surface area (Å²) in [6.07, 6.45) is 0.668. The molecular weight excluding hydrogens is 561 g/mol. The lowest BCUT2D eigenvalue weighted by molar-refractivity contribution is -0.139. The first kappa shape index (κ1) is 32.4. The van der Waals surface area contributed by atoms with E-state index < -0.39 is 40.2 Å². The minimum atomic E-state index is -4.28. The van der Waals surface area contributed by atoms with Crippen LogP contribution in [0.3, 0.4) is 0 Å². The van der Waals surface area contributed by atoms with Crippen molar-refractivity contribution in [2.75, 3.05) is 25.1 Å². The predicted octanol–water partition coefficient (Wildman–Crippen LogP) is 4.68. The third-order valence-electron chi connectivity index (χ3n) is 7.01. The number of rotatable bonds is 13. The second-order valence-electron chi connectivity index (χ2n) is 9.97. The Hall–Kier alpha value is -4.12. The van der Waals surface area contributed by atoms with E-state index in [2.05, 4.69) is 5.32 Å². The summed E-state index contributed by atoms with van der Waals surface area (Å²) < 4.78 is 54.3. The van der Waals surface area contributed by atoms with Gasteiger partial charge in [-0.05, 0) is 57.5 Å². The minimum absolute atomic E-state index is 0.0288. The van der Waals surface area contributed by atoms with E-state index in [1.807, 2.05) is 20.8 Å². The molecule has 42 heavy (non-hydrogen) atoms. The zero-order chi connectivity index (χ0) is 31.0. The number of benzene rings is 3. The van der Waals surface area contributed by atoms with Crippen LogP contribution in [0.5, 0.6) is 11.5 Å². The average Bonchev–Trinajstić information content (AvgIpc) is 2.98. The lowest BCUT2D eigenvalue weighted by atomic mass is 10.1. The molecule has 0 saturated heterocycles. The van der Waals surface area contributed by atoms with Crippen LogP contribution < -0.4 is 19.1 Å². The normalized spacial score (nSPS) is 12.6. The van der Waals surface area contributed by atoms with Gasteiger partial charge in [-0.25, -0.2) is 12.8 Å². The Morgan fingerprint density at radius 2 is 1.60 bits per heavy atom. The van der Waals surface area contributed by atoms with Gasteiger partial charge in [0.15, 0.2) is 11.5 Å². The number of carbonyl (C=O) groups excluding carboxylic acids is 2. The van der Waals surface area contributed by atoms with E-state index >= 15 is 0 Å². The number of sulfonamides is 1. The van der Waals surface area contributed by atoms with Gasteiger partial charge in [0, 0.05) is 24.2 Å². The second-order valence-corrected chi connectivity index (χ2v) is 11.8. The van der Waals surface area contributed by atoms with Gasteiger partial charge in [-0.2, -0.15) is 0 Å². The maximum Gasteiger partial charge on any atom is 0.264 e. The number of ether oxygens (including phenoxy) is 2. The molecule has 0 radical (unpaired) electrons. The lowest BCUT2D eigenvalue weighted by Crippen LogP contribution is -2.52. The number of carbonyl (C=O) groups is 2. The molecule has 0 fully saturated rings. The Bertz CT molecular complexity index is 1500. The summed E-state index contributed by atoms with van der Waals surface area (Å²) in [6, 6.07) is 15.5. The molecule has 0 aliphatic heterocycles. The van der Waals surface area contributed by atoms with Crippen molar-refractivity contribution in [2.45, 2.75) is 57.6 Å². The van der Waals surface area contributed by atoms with E-state index in [1.54, 1.807) is 18.2 Å². The molecule has 0 unspecified atom stereocenters. The maximum absolute atomic E-state index is 14.7. The predicted molar refractivity (Wildman–Crippen MR) is 160 cm³/mol. The molecule has 2 amide bonds. The number of nitrogens with one attached hydrogen (secondary N) is 1. The van der Waals surface area contributed by atoms with Crippen LogP contribution in [0.4, 0.5) is 10.1 Å². The van der Waals surface area contributed by atoms with E-state index in [0.29, 0.717) is 12.2 Å². The molecule has 2 atom stereocenters. The Labute approximate surface area is 247 Å². The van der Waals surface area contributed by atoms with Gasteiger partial charge in [-0.1, -0.05) is 42.8 Å². The summed E-state index contributed by atoms with van der Waals surface area (Å²) in [7, 11) is -1.41. The molecule has 1 N–H and O–H groups in total. The number of hydrogen-bond acceptors (Lipinski definition) is 6. The third kappa shape index (κ3) is 7.58. The minimum Gasteiger partial charge on any atom is -0.493 e. The number of amides is 2. The van der Waals surface area contributed by atoms with Gasteiger partial charge in [-0.15, -0.1) is 0 Å². The van der Waals surface area contributed by atoms with Gasteiger partial charge < -0.3 is 19.7 Å². The van der Waals surface area contributed by atoms with Crippen LogP contribution in [-0.2, 0) is 26.2 Å². The number of aryl methyl sites for hydroxylation is 1. The Kier molecular flexibility index (Phi) is 10.9. The molecule has 0 bridgehead atoms. The number of halogens is 1. The number of anilines is 1. The molecule has 3 rings (SSSR count). The molecular formula is C31H38FN3O6S. The Balaban J connectivity index is 2.10. The van der Waals surface area contributed by atoms with Gasteiger partial charge in [0.1, 0.15) is 18.4 Å². The van der Waals surface area contributed by atoms with Crippen LogP contribution in [0.1, 0.15) is 38.3 Å². The highest BCUT2D eigenvalue weighted by atomic mass is 32.2. The fourth-order valence-electron chi connectivity index (χ4n) is 4.20. The average molecular weight is 600 g/mol. The lowest BCUT2D eigenvalue weighted by Gasteiger charge is -2.32. The quantitative estimate of drug-likeness (QED) is 0.306. The SMILES string of the molecule is CC[C@H](C)NC(=O)[C@H](C)N(Cc1ccccc1F)C(=O)CN(c1ccc(OC)c(OC)c1)S(=O)(=O)c1ccc(C)cc1. The zero-order valence-electron chi connectivity index (χ0n) is 24.8. The first-order chi connectivity index (χ1) is 19.9. The summed E-state index contributed by atoms with van der Waals surface area (Å²) in [5.74, 6) is -1.05. The number of nitrogens with zero attached hydrogens (tertiary/aromatic N) is 2. The molecule has 3 aromatic rings. The van der Waals surface area contributed by atoms with Gasteiger partial charge in [0.05, 0.1) is 24.8 Å². The maximum atomic E-state index is 14.7. The van der Waals surface area contributed by atoms with Crippen LogP contribution in [-0.4, -0.2) is 58.0 Å². The second kappa shape index (κ2) is 14.2. The van der Waals surface area contributed by atoms with E-state index in [1.165, 1.54) is 74.6 Å². The topological polar surface area (TPSA) is 105 Å². The molecule has 0 heterocycles. The van der Waals surface area contributed by atoms with Crippen molar-refractivity contribution in [1.82, 2.24) is 10.2 Å². The van der Waals surface area contributed by atoms with Gasteiger partial charge in [-0.3, -0.25) is 13.9 Å². The zero-order valence-corrected chi connectivity index (χ0v) is 25.6. The van der Waals surface area contributed by atoms with E-state index in [4.69, 9.17) is 9.47 Å². The van der Waals surface area contributed by atoms with Crippen LogP contribution in [0.25, 0.3) is 0 Å². The van der Waals surface area contributed by atoms with Crippen molar-refractivity contribution in [3.63, 3.8) is 0 Å². The molecule has 9 nitrogen and oxygen atoms in total. The van der Waals surface area contributed by atoms with Crippen molar-refractivity contribution in [1.29, 1.82) is 0 Å². The van der Waals surface area contributed by atoms with Crippen LogP contribution in [0, 0.1) is 12.7 Å². The van der Waals surface area contributed by atoms with Gasteiger partial charge in [0.25, 0.3) is 10.0 Å². The fraction of sp³-hybridized carbons (Fsp3) is 0.355. The molecule has 0 aliphatic carbocycles. The highest BCUT2D eigenvalue weighted by molar-refractivity contribution is 7.92. The molecule has 226 valence electrons. The standard InChI is InChI=1S/C31H38FN3O6S/c1-7-22(3)33-31(37)23(4)34(19-24-10-8-9-11-27(24)32)30(36)20-35(25-14-17-28(40-5)29(18-25)41-6)42(38,39)26-15-12-21(2)13-16-26/h8-18,22-23H,7,19-20H2,1-6H3,(H,33,37)/t22-,23-/m0/s1. The molecule has 11 heteroatoms. The Morgan fingerprint density at radius 3 is 2.19 bits per heavy atom. The van der Waals surface area contributed by atoms with E-state index in [-0.39, 0.29) is 34.5 Å². The number of methoxy groups -OCH3 is 2. The summed E-state index contributed by atoms with van der Waals surface area (Å²) in [5, 5.41) is 2.85. The molecule has 0 aromatic heterocycles. The summed E-state index contributed by atoms with van der Waals surface area (Å²) in [4.78, 5) is 28.3. The van der Waals surface area contributed by atoms with Crippen molar-refractivity contribution in [3.05, 3.63) is 83.7 Å². The number of hydrogen-bond donors (Lipinski definition) is 1. The van der Waals surface area contributed by atoms with Gasteiger partial charge in [0.2, 0.25) is 11.8 Å².